The van der Waals surface area contributed by atoms with Gasteiger partial charge in [0.15, 0.2) is 0 Å². The Balaban J connectivity index is 2.43. The highest BCUT2D eigenvalue weighted by molar-refractivity contribution is 4.92. The fourth-order valence-electron chi connectivity index (χ4n) is 2.76. The van der Waals surface area contributed by atoms with Gasteiger partial charge >= 0.3 is 0 Å². The van der Waals surface area contributed by atoms with Gasteiger partial charge in [-0.15, -0.1) is 0 Å². The van der Waals surface area contributed by atoms with Gasteiger partial charge in [0.2, 0.25) is 0 Å². The lowest BCUT2D eigenvalue weighted by Gasteiger charge is -2.42. The number of nitrogens with two attached hydrogens (primary N) is 1. The van der Waals surface area contributed by atoms with Crippen molar-refractivity contribution in [3.05, 3.63) is 0 Å². The van der Waals surface area contributed by atoms with Crippen LogP contribution >= 0.6 is 0 Å². The average molecular weight is 213 g/mol. The molecule has 0 amide bonds. The number of nitrogens with zero attached hydrogens (tertiary/aromatic N) is 1. The lowest BCUT2D eigenvalue weighted by Crippen LogP contribution is -2.57. The van der Waals surface area contributed by atoms with Crippen molar-refractivity contribution in [3.63, 3.8) is 0 Å². The standard InChI is InChI=1S/C12H27N3/c1-4-5-11-6-8-12(10-13,9-7-11)14-15(2)3/h11,14H,4-10,13H2,1-3H3. The Morgan fingerprint density at radius 1 is 1.33 bits per heavy atom. The minimum atomic E-state index is 0.174. The van der Waals surface area contributed by atoms with Gasteiger partial charge in [-0.2, -0.15) is 0 Å². The first kappa shape index (κ1) is 12.9. The summed E-state index contributed by atoms with van der Waals surface area (Å²) in [6.07, 6.45) is 7.85. The normalized spacial score (nSPS) is 32.2. The highest BCUT2D eigenvalue weighted by Crippen LogP contribution is 2.33. The van der Waals surface area contributed by atoms with Gasteiger partial charge in [-0.1, -0.05) is 19.8 Å². The number of hydrogen-bond acceptors (Lipinski definition) is 3. The summed E-state index contributed by atoms with van der Waals surface area (Å²) in [7, 11) is 4.10. The van der Waals surface area contributed by atoms with Crippen LogP contribution < -0.4 is 11.2 Å². The lowest BCUT2D eigenvalue weighted by molar-refractivity contribution is 0.102. The van der Waals surface area contributed by atoms with E-state index in [1.165, 1.54) is 38.5 Å². The summed E-state index contributed by atoms with van der Waals surface area (Å²) in [5.41, 5.74) is 9.61. The van der Waals surface area contributed by atoms with Crippen molar-refractivity contribution in [2.45, 2.75) is 51.0 Å². The number of nitrogens with one attached hydrogen (secondary N) is 1. The van der Waals surface area contributed by atoms with Gasteiger partial charge in [-0.25, -0.2) is 5.43 Å². The molecule has 0 bridgehead atoms. The van der Waals surface area contributed by atoms with E-state index in [0.29, 0.717) is 0 Å². The smallest absolute Gasteiger partial charge is 0.0448 e. The average Bonchev–Trinajstić information content (AvgIpc) is 2.21. The second-order valence-electron chi connectivity index (χ2n) is 5.22. The molecule has 1 rings (SSSR count). The summed E-state index contributed by atoms with van der Waals surface area (Å²) >= 11 is 0. The molecule has 3 nitrogen and oxygen atoms in total. The second-order valence-corrected chi connectivity index (χ2v) is 5.22. The van der Waals surface area contributed by atoms with Gasteiger partial charge in [0.25, 0.3) is 0 Å². The zero-order chi connectivity index (χ0) is 11.3. The Labute approximate surface area is 94.4 Å². The van der Waals surface area contributed by atoms with Crippen molar-refractivity contribution < 1.29 is 0 Å². The van der Waals surface area contributed by atoms with Crippen molar-refractivity contribution in [1.82, 2.24) is 10.4 Å². The zero-order valence-corrected chi connectivity index (χ0v) is 10.6. The van der Waals surface area contributed by atoms with E-state index in [9.17, 15) is 0 Å². The monoisotopic (exact) mass is 213 g/mol. The first-order chi connectivity index (χ1) is 7.12. The van der Waals surface area contributed by atoms with E-state index in [-0.39, 0.29) is 5.54 Å². The maximum atomic E-state index is 5.92. The van der Waals surface area contributed by atoms with E-state index in [2.05, 4.69) is 26.4 Å². The van der Waals surface area contributed by atoms with Crippen molar-refractivity contribution in [2.24, 2.45) is 11.7 Å². The summed E-state index contributed by atoms with van der Waals surface area (Å²) in [4.78, 5) is 0. The molecule has 1 fully saturated rings. The van der Waals surface area contributed by atoms with Crippen LogP contribution in [-0.4, -0.2) is 31.2 Å². The lowest BCUT2D eigenvalue weighted by atomic mass is 9.75. The summed E-state index contributed by atoms with van der Waals surface area (Å²) < 4.78 is 0. The van der Waals surface area contributed by atoms with Crippen LogP contribution in [0.5, 0.6) is 0 Å². The Morgan fingerprint density at radius 3 is 2.33 bits per heavy atom. The summed E-state index contributed by atoms with van der Waals surface area (Å²) in [6, 6.07) is 0. The first-order valence-electron chi connectivity index (χ1n) is 6.27. The summed E-state index contributed by atoms with van der Waals surface area (Å²) in [6.45, 7) is 3.03. The van der Waals surface area contributed by atoms with Crippen molar-refractivity contribution >= 4 is 0 Å². The molecule has 0 aromatic carbocycles. The topological polar surface area (TPSA) is 41.3 Å². The Kier molecular flexibility index (Phi) is 5.03. The molecule has 0 saturated heterocycles. The molecular weight excluding hydrogens is 186 g/mol. The minimum absolute atomic E-state index is 0.174. The SMILES string of the molecule is CCCC1CCC(CN)(NN(C)C)CC1. The summed E-state index contributed by atoms with van der Waals surface area (Å²) in [5, 5.41) is 2.05. The van der Waals surface area contributed by atoms with E-state index in [0.717, 1.165) is 12.5 Å². The van der Waals surface area contributed by atoms with Crippen LogP contribution in [0.4, 0.5) is 0 Å². The number of hydrazine groups is 1. The van der Waals surface area contributed by atoms with Crippen LogP contribution in [0.25, 0.3) is 0 Å². The molecule has 0 unspecified atom stereocenters. The molecule has 90 valence electrons. The molecule has 1 saturated carbocycles. The van der Waals surface area contributed by atoms with Crippen LogP contribution in [0.2, 0.25) is 0 Å². The Bertz CT molecular complexity index is 172. The fourth-order valence-corrected chi connectivity index (χ4v) is 2.76. The molecule has 0 atom stereocenters. The third-order valence-corrected chi connectivity index (χ3v) is 3.61. The maximum absolute atomic E-state index is 5.92. The zero-order valence-electron chi connectivity index (χ0n) is 10.6. The maximum Gasteiger partial charge on any atom is 0.0448 e. The first-order valence-corrected chi connectivity index (χ1v) is 6.27. The minimum Gasteiger partial charge on any atom is -0.329 e. The van der Waals surface area contributed by atoms with Gasteiger partial charge in [0.1, 0.15) is 0 Å². The molecule has 15 heavy (non-hydrogen) atoms. The van der Waals surface area contributed by atoms with E-state index >= 15 is 0 Å². The van der Waals surface area contributed by atoms with Crippen LogP contribution in [0.15, 0.2) is 0 Å². The quantitative estimate of drug-likeness (QED) is 0.684. The van der Waals surface area contributed by atoms with E-state index < -0.39 is 0 Å². The number of hydrogen-bond donors (Lipinski definition) is 2. The summed E-state index contributed by atoms with van der Waals surface area (Å²) in [5.74, 6) is 0.943. The van der Waals surface area contributed by atoms with Gasteiger partial charge in [-0.05, 0) is 31.6 Å². The van der Waals surface area contributed by atoms with E-state index in [1.807, 2.05) is 5.01 Å². The Morgan fingerprint density at radius 2 is 1.93 bits per heavy atom. The highest BCUT2D eigenvalue weighted by Gasteiger charge is 2.33. The van der Waals surface area contributed by atoms with Crippen LogP contribution in [-0.2, 0) is 0 Å². The van der Waals surface area contributed by atoms with Crippen molar-refractivity contribution in [2.75, 3.05) is 20.6 Å². The second kappa shape index (κ2) is 5.83. The van der Waals surface area contributed by atoms with E-state index in [1.54, 1.807) is 0 Å². The third-order valence-electron chi connectivity index (χ3n) is 3.61. The third kappa shape index (κ3) is 3.74. The highest BCUT2D eigenvalue weighted by atomic mass is 15.5. The van der Waals surface area contributed by atoms with Crippen LogP contribution in [0, 0.1) is 5.92 Å². The Hall–Kier alpha value is -0.120. The predicted molar refractivity (Wildman–Crippen MR) is 65.5 cm³/mol. The molecule has 0 aromatic rings. The molecular formula is C12H27N3. The molecule has 3 N–H and O–H groups in total. The molecule has 1 aliphatic carbocycles. The molecule has 0 radical (unpaired) electrons. The molecule has 0 aliphatic heterocycles. The van der Waals surface area contributed by atoms with Gasteiger partial charge in [-0.3, -0.25) is 5.01 Å². The largest absolute Gasteiger partial charge is 0.329 e. The predicted octanol–water partition coefficient (Wildman–Crippen LogP) is 1.74. The van der Waals surface area contributed by atoms with Crippen LogP contribution in [0.3, 0.4) is 0 Å². The van der Waals surface area contributed by atoms with Crippen LogP contribution in [0.1, 0.15) is 45.4 Å². The fraction of sp³-hybridized carbons (Fsp3) is 1.00. The van der Waals surface area contributed by atoms with Gasteiger partial charge in [0.05, 0.1) is 0 Å². The van der Waals surface area contributed by atoms with Crippen molar-refractivity contribution in [3.8, 4) is 0 Å². The van der Waals surface area contributed by atoms with E-state index in [4.69, 9.17) is 5.73 Å². The number of rotatable bonds is 5. The van der Waals surface area contributed by atoms with Crippen molar-refractivity contribution in [1.29, 1.82) is 0 Å². The molecule has 0 aromatic heterocycles. The molecule has 0 spiro atoms. The van der Waals surface area contributed by atoms with Gasteiger partial charge in [0, 0.05) is 26.2 Å². The molecule has 1 aliphatic rings. The molecule has 3 heteroatoms. The molecule has 0 heterocycles. The van der Waals surface area contributed by atoms with Gasteiger partial charge < -0.3 is 5.73 Å².